The zero-order chi connectivity index (χ0) is 10.7. The number of hydrogen-bond acceptors (Lipinski definition) is 3. The highest BCUT2D eigenvalue weighted by atomic mass is 16.4. The van der Waals surface area contributed by atoms with E-state index in [9.17, 15) is 0 Å². The van der Waals surface area contributed by atoms with Crippen molar-refractivity contribution in [2.75, 3.05) is 18.0 Å². The molecule has 0 unspecified atom stereocenters. The third-order valence-corrected chi connectivity index (χ3v) is 2.69. The summed E-state index contributed by atoms with van der Waals surface area (Å²) in [6.07, 6.45) is 2.23. The van der Waals surface area contributed by atoms with E-state index >= 15 is 0 Å². The van der Waals surface area contributed by atoms with Crippen LogP contribution in [0.2, 0.25) is 0 Å². The van der Waals surface area contributed by atoms with Gasteiger partial charge in [0.25, 0.3) is 0 Å². The van der Waals surface area contributed by atoms with Crippen LogP contribution in [-0.2, 0) is 6.42 Å². The molecule has 0 atom stereocenters. The number of rotatable bonds is 2. The second kappa shape index (κ2) is 4.21. The van der Waals surface area contributed by atoms with Crippen LogP contribution in [0.15, 0.2) is 29.4 Å². The third kappa shape index (κ3) is 2.03. The summed E-state index contributed by atoms with van der Waals surface area (Å²) >= 11 is 0. The molecule has 0 amide bonds. The van der Waals surface area contributed by atoms with Crippen molar-refractivity contribution in [2.24, 2.45) is 10.9 Å². The van der Waals surface area contributed by atoms with E-state index in [1.807, 2.05) is 12.1 Å². The summed E-state index contributed by atoms with van der Waals surface area (Å²) in [7, 11) is 0. The van der Waals surface area contributed by atoms with Gasteiger partial charge in [-0.2, -0.15) is 0 Å². The van der Waals surface area contributed by atoms with Crippen LogP contribution in [0.4, 0.5) is 5.69 Å². The van der Waals surface area contributed by atoms with E-state index in [1.54, 1.807) is 0 Å². The number of para-hydroxylation sites is 1. The minimum absolute atomic E-state index is 0.256. The average molecular weight is 205 g/mol. The highest BCUT2D eigenvalue weighted by Gasteiger charge is 2.16. The lowest BCUT2D eigenvalue weighted by Crippen LogP contribution is -2.37. The van der Waals surface area contributed by atoms with Crippen LogP contribution in [0.25, 0.3) is 0 Å². The molecule has 4 heteroatoms. The average Bonchev–Trinajstić information content (AvgIpc) is 2.29. The number of fused-ring (bicyclic) bond motifs is 1. The molecule has 0 fully saturated rings. The summed E-state index contributed by atoms with van der Waals surface area (Å²) in [4.78, 5) is 2.15. The van der Waals surface area contributed by atoms with Gasteiger partial charge in [0, 0.05) is 12.2 Å². The molecule has 0 aromatic heterocycles. The Bertz CT molecular complexity index is 376. The predicted octanol–water partition coefficient (Wildman–Crippen LogP) is 1.19. The smallest absolute Gasteiger partial charge is 0.158 e. The molecular weight excluding hydrogens is 190 g/mol. The van der Waals surface area contributed by atoms with Crippen LogP contribution < -0.4 is 10.6 Å². The number of aryl methyl sites for hydroxylation is 1. The predicted molar refractivity (Wildman–Crippen MR) is 60.4 cm³/mol. The van der Waals surface area contributed by atoms with Crippen molar-refractivity contribution < 1.29 is 5.21 Å². The Morgan fingerprint density at radius 2 is 2.27 bits per heavy atom. The zero-order valence-electron chi connectivity index (χ0n) is 8.56. The fraction of sp³-hybridized carbons (Fsp3) is 0.364. The Hall–Kier alpha value is -1.71. The van der Waals surface area contributed by atoms with Crippen LogP contribution in [-0.4, -0.2) is 24.1 Å². The molecule has 1 aromatic carbocycles. The minimum atomic E-state index is 0.256. The fourth-order valence-electron chi connectivity index (χ4n) is 2.00. The lowest BCUT2D eigenvalue weighted by Gasteiger charge is -2.30. The van der Waals surface area contributed by atoms with Gasteiger partial charge in [0.15, 0.2) is 5.84 Å². The number of nitrogens with zero attached hydrogens (tertiary/aromatic N) is 2. The van der Waals surface area contributed by atoms with Crippen molar-refractivity contribution in [3.63, 3.8) is 0 Å². The molecule has 80 valence electrons. The molecular formula is C11H15N3O. The van der Waals surface area contributed by atoms with Crippen molar-refractivity contribution in [1.29, 1.82) is 0 Å². The standard InChI is InChI=1S/C11H15N3O/c12-11(13-15)8-14-7-3-5-9-4-1-2-6-10(9)14/h1-2,4,6,15H,3,5,7-8H2,(H2,12,13). The van der Waals surface area contributed by atoms with E-state index < -0.39 is 0 Å². The second-order valence-corrected chi connectivity index (χ2v) is 3.75. The molecule has 1 aliphatic rings. The van der Waals surface area contributed by atoms with Crippen LogP contribution >= 0.6 is 0 Å². The largest absolute Gasteiger partial charge is 0.409 e. The van der Waals surface area contributed by atoms with Crippen molar-refractivity contribution in [1.82, 2.24) is 0 Å². The second-order valence-electron chi connectivity index (χ2n) is 3.75. The Morgan fingerprint density at radius 1 is 1.47 bits per heavy atom. The number of hydrogen-bond donors (Lipinski definition) is 2. The first-order valence-electron chi connectivity index (χ1n) is 5.10. The van der Waals surface area contributed by atoms with Gasteiger partial charge in [-0.25, -0.2) is 0 Å². The first kappa shape index (κ1) is 9.83. The molecule has 1 heterocycles. The van der Waals surface area contributed by atoms with Crippen LogP contribution in [0.3, 0.4) is 0 Å². The Labute approximate surface area is 89.0 Å². The van der Waals surface area contributed by atoms with Gasteiger partial charge >= 0.3 is 0 Å². The van der Waals surface area contributed by atoms with Crippen molar-refractivity contribution >= 4 is 11.5 Å². The zero-order valence-corrected chi connectivity index (χ0v) is 8.56. The molecule has 4 nitrogen and oxygen atoms in total. The van der Waals surface area contributed by atoms with Gasteiger partial charge in [0.05, 0.1) is 6.54 Å². The van der Waals surface area contributed by atoms with E-state index in [0.29, 0.717) is 6.54 Å². The van der Waals surface area contributed by atoms with E-state index in [0.717, 1.165) is 19.4 Å². The molecule has 0 radical (unpaired) electrons. The van der Waals surface area contributed by atoms with Gasteiger partial charge in [-0.3, -0.25) is 0 Å². The van der Waals surface area contributed by atoms with Gasteiger partial charge in [0.2, 0.25) is 0 Å². The maximum absolute atomic E-state index is 8.55. The van der Waals surface area contributed by atoms with Crippen LogP contribution in [0, 0.1) is 0 Å². The lowest BCUT2D eigenvalue weighted by molar-refractivity contribution is 0.317. The van der Waals surface area contributed by atoms with Crippen molar-refractivity contribution in [3.05, 3.63) is 29.8 Å². The summed E-state index contributed by atoms with van der Waals surface area (Å²) < 4.78 is 0. The first-order chi connectivity index (χ1) is 7.31. The van der Waals surface area contributed by atoms with Gasteiger partial charge in [0.1, 0.15) is 0 Å². The number of anilines is 1. The Balaban J connectivity index is 2.22. The van der Waals surface area contributed by atoms with E-state index in [-0.39, 0.29) is 5.84 Å². The first-order valence-corrected chi connectivity index (χ1v) is 5.10. The van der Waals surface area contributed by atoms with Gasteiger partial charge < -0.3 is 15.8 Å². The Morgan fingerprint density at radius 3 is 3.07 bits per heavy atom. The van der Waals surface area contributed by atoms with Gasteiger partial charge in [-0.05, 0) is 24.5 Å². The minimum Gasteiger partial charge on any atom is -0.409 e. The maximum atomic E-state index is 8.55. The molecule has 0 saturated carbocycles. The molecule has 0 bridgehead atoms. The monoisotopic (exact) mass is 205 g/mol. The molecule has 1 aliphatic heterocycles. The quantitative estimate of drug-likeness (QED) is 0.330. The Kier molecular flexibility index (Phi) is 2.76. The maximum Gasteiger partial charge on any atom is 0.158 e. The molecule has 2 rings (SSSR count). The summed E-state index contributed by atoms with van der Waals surface area (Å²) in [6, 6.07) is 8.28. The molecule has 0 saturated heterocycles. The molecule has 1 aromatic rings. The molecule has 0 spiro atoms. The third-order valence-electron chi connectivity index (χ3n) is 2.69. The number of amidine groups is 1. The summed E-state index contributed by atoms with van der Waals surface area (Å²) in [5.41, 5.74) is 8.07. The van der Waals surface area contributed by atoms with E-state index in [4.69, 9.17) is 10.9 Å². The van der Waals surface area contributed by atoms with Crippen LogP contribution in [0.1, 0.15) is 12.0 Å². The number of oxime groups is 1. The molecule has 15 heavy (non-hydrogen) atoms. The normalized spacial score (nSPS) is 16.3. The van der Waals surface area contributed by atoms with E-state index in [2.05, 4.69) is 22.2 Å². The molecule has 0 aliphatic carbocycles. The van der Waals surface area contributed by atoms with Crippen LogP contribution in [0.5, 0.6) is 0 Å². The topological polar surface area (TPSA) is 61.8 Å². The summed E-state index contributed by atoms with van der Waals surface area (Å²) in [6.45, 7) is 1.46. The van der Waals surface area contributed by atoms with E-state index in [1.165, 1.54) is 11.3 Å². The van der Waals surface area contributed by atoms with Crippen molar-refractivity contribution in [2.45, 2.75) is 12.8 Å². The SMILES string of the molecule is N/C(CN1CCCc2ccccc21)=N\O. The summed E-state index contributed by atoms with van der Waals surface area (Å²) in [5.74, 6) is 0.256. The number of nitrogens with two attached hydrogens (primary N) is 1. The highest BCUT2D eigenvalue weighted by Crippen LogP contribution is 2.25. The highest BCUT2D eigenvalue weighted by molar-refractivity contribution is 5.85. The fourth-order valence-corrected chi connectivity index (χ4v) is 2.00. The number of benzene rings is 1. The van der Waals surface area contributed by atoms with Crippen molar-refractivity contribution in [3.8, 4) is 0 Å². The summed E-state index contributed by atoms with van der Waals surface area (Å²) in [5, 5.41) is 11.6. The molecule has 3 N–H and O–H groups in total. The van der Waals surface area contributed by atoms with Gasteiger partial charge in [-0.15, -0.1) is 0 Å². The lowest BCUT2D eigenvalue weighted by atomic mass is 10.0. The van der Waals surface area contributed by atoms with Gasteiger partial charge in [-0.1, -0.05) is 23.4 Å².